The largest absolute Gasteiger partial charge is 0.411 e. The van der Waals surface area contributed by atoms with E-state index in [0.29, 0.717) is 22.9 Å². The lowest BCUT2D eigenvalue weighted by Gasteiger charge is -1.91. The molecule has 6 heteroatoms. The van der Waals surface area contributed by atoms with Crippen molar-refractivity contribution in [1.82, 2.24) is 14.6 Å². The molecule has 14 heavy (non-hydrogen) atoms. The van der Waals surface area contributed by atoms with Crippen LogP contribution in [0.25, 0.3) is 5.65 Å². The van der Waals surface area contributed by atoms with Crippen molar-refractivity contribution in [1.29, 1.82) is 0 Å². The topological polar surface area (TPSA) is 88.8 Å². The van der Waals surface area contributed by atoms with Crippen LogP contribution in [-0.4, -0.2) is 25.5 Å². The number of anilines is 1. The van der Waals surface area contributed by atoms with Crippen molar-refractivity contribution >= 4 is 17.0 Å². The van der Waals surface area contributed by atoms with E-state index in [1.165, 1.54) is 0 Å². The molecule has 3 N–H and O–H groups in total. The molecule has 0 radical (unpaired) electrons. The van der Waals surface area contributed by atoms with Crippen molar-refractivity contribution in [2.24, 2.45) is 5.16 Å². The Morgan fingerprint density at radius 1 is 1.57 bits per heavy atom. The first-order valence-corrected chi connectivity index (χ1v) is 4.01. The monoisotopic (exact) mass is 191 g/mol. The molecule has 2 aromatic heterocycles. The lowest BCUT2D eigenvalue weighted by molar-refractivity contribution is 0.318. The van der Waals surface area contributed by atoms with Crippen molar-refractivity contribution in [2.75, 3.05) is 5.73 Å². The van der Waals surface area contributed by atoms with Gasteiger partial charge in [0.25, 0.3) is 0 Å². The van der Waals surface area contributed by atoms with E-state index in [1.807, 2.05) is 0 Å². The Kier molecular flexibility index (Phi) is 1.81. The highest BCUT2D eigenvalue weighted by Gasteiger charge is 2.06. The highest BCUT2D eigenvalue weighted by molar-refractivity contribution is 5.95. The number of oxime groups is 1. The van der Waals surface area contributed by atoms with Crippen LogP contribution in [0.1, 0.15) is 12.7 Å². The fourth-order valence-corrected chi connectivity index (χ4v) is 1.10. The molecular formula is C8H9N5O. The second kappa shape index (κ2) is 2.99. The minimum atomic E-state index is 0.368. The van der Waals surface area contributed by atoms with Crippen molar-refractivity contribution in [3.8, 4) is 0 Å². The van der Waals surface area contributed by atoms with Crippen molar-refractivity contribution in [2.45, 2.75) is 6.92 Å². The molecule has 0 unspecified atom stereocenters. The second-order valence-electron chi connectivity index (χ2n) is 2.89. The molecule has 0 aliphatic heterocycles. The molecule has 0 atom stereocenters. The van der Waals surface area contributed by atoms with Gasteiger partial charge in [0.15, 0.2) is 11.5 Å². The van der Waals surface area contributed by atoms with Gasteiger partial charge in [-0.3, -0.25) is 0 Å². The molecule has 2 rings (SSSR count). The third-order valence-electron chi connectivity index (χ3n) is 1.83. The van der Waals surface area contributed by atoms with Gasteiger partial charge in [0, 0.05) is 0 Å². The number of hydrogen-bond donors (Lipinski definition) is 2. The first-order valence-electron chi connectivity index (χ1n) is 4.01. The molecule has 0 aliphatic carbocycles. The Bertz CT molecular complexity index is 501. The number of aromatic nitrogens is 3. The molecule has 0 spiro atoms. The predicted octanol–water partition coefficient (Wildman–Crippen LogP) is 0.510. The Morgan fingerprint density at radius 3 is 3.07 bits per heavy atom. The molecule has 0 saturated heterocycles. The normalized spacial score (nSPS) is 12.2. The van der Waals surface area contributed by atoms with Crippen molar-refractivity contribution < 1.29 is 5.21 Å². The lowest BCUT2D eigenvalue weighted by atomic mass is 10.4. The molecule has 0 saturated carbocycles. The van der Waals surface area contributed by atoms with Crippen LogP contribution in [-0.2, 0) is 0 Å². The molecule has 2 aromatic rings. The zero-order chi connectivity index (χ0) is 10.1. The van der Waals surface area contributed by atoms with Gasteiger partial charge in [-0.15, -0.1) is 5.10 Å². The van der Waals surface area contributed by atoms with E-state index in [-0.39, 0.29) is 0 Å². The molecule has 2 heterocycles. The summed E-state index contributed by atoms with van der Waals surface area (Å²) >= 11 is 0. The van der Waals surface area contributed by atoms with Crippen LogP contribution in [0.4, 0.5) is 5.69 Å². The van der Waals surface area contributed by atoms with Crippen LogP contribution >= 0.6 is 0 Å². The summed E-state index contributed by atoms with van der Waals surface area (Å²) in [7, 11) is 0. The van der Waals surface area contributed by atoms with Gasteiger partial charge in [-0.2, -0.15) is 0 Å². The van der Waals surface area contributed by atoms with E-state index in [1.54, 1.807) is 29.8 Å². The average molecular weight is 191 g/mol. The molecule has 0 bridgehead atoms. The SMILES string of the molecule is C/C(=N/O)c1nc2ccc(N)cn2n1. The van der Waals surface area contributed by atoms with E-state index < -0.39 is 0 Å². The van der Waals surface area contributed by atoms with Gasteiger partial charge in [0.1, 0.15) is 5.71 Å². The number of rotatable bonds is 1. The molecule has 6 nitrogen and oxygen atoms in total. The minimum Gasteiger partial charge on any atom is -0.411 e. The van der Waals surface area contributed by atoms with Gasteiger partial charge in [-0.1, -0.05) is 5.16 Å². The summed E-state index contributed by atoms with van der Waals surface area (Å²) in [5, 5.41) is 15.6. The highest BCUT2D eigenvalue weighted by Crippen LogP contribution is 2.06. The first kappa shape index (κ1) is 8.49. The summed E-state index contributed by atoms with van der Waals surface area (Å²) in [5.41, 5.74) is 7.21. The fraction of sp³-hybridized carbons (Fsp3) is 0.125. The zero-order valence-electron chi connectivity index (χ0n) is 7.55. The summed E-state index contributed by atoms with van der Waals surface area (Å²) in [4.78, 5) is 4.13. The predicted molar refractivity (Wildman–Crippen MR) is 51.4 cm³/mol. The van der Waals surface area contributed by atoms with Gasteiger partial charge in [-0.25, -0.2) is 9.50 Å². The van der Waals surface area contributed by atoms with Crippen molar-refractivity contribution in [3.05, 3.63) is 24.2 Å². The third-order valence-corrected chi connectivity index (χ3v) is 1.83. The Morgan fingerprint density at radius 2 is 2.36 bits per heavy atom. The zero-order valence-corrected chi connectivity index (χ0v) is 7.55. The van der Waals surface area contributed by atoms with Gasteiger partial charge in [0.2, 0.25) is 0 Å². The Labute approximate surface area is 79.7 Å². The van der Waals surface area contributed by atoms with E-state index >= 15 is 0 Å². The van der Waals surface area contributed by atoms with E-state index in [0.717, 1.165) is 0 Å². The number of pyridine rings is 1. The lowest BCUT2D eigenvalue weighted by Crippen LogP contribution is -1.98. The van der Waals surface area contributed by atoms with Crippen LogP contribution in [0, 0.1) is 0 Å². The van der Waals surface area contributed by atoms with E-state index in [9.17, 15) is 0 Å². The maximum atomic E-state index is 8.54. The smallest absolute Gasteiger partial charge is 0.199 e. The molecule has 0 amide bonds. The summed E-state index contributed by atoms with van der Waals surface area (Å²) in [6.07, 6.45) is 1.65. The molecule has 0 fully saturated rings. The number of nitrogens with zero attached hydrogens (tertiary/aromatic N) is 4. The summed E-state index contributed by atoms with van der Waals surface area (Å²) < 4.78 is 1.54. The fourth-order valence-electron chi connectivity index (χ4n) is 1.10. The van der Waals surface area contributed by atoms with Crippen molar-refractivity contribution in [3.63, 3.8) is 0 Å². The van der Waals surface area contributed by atoms with Gasteiger partial charge < -0.3 is 10.9 Å². The van der Waals surface area contributed by atoms with Crippen LogP contribution in [0.5, 0.6) is 0 Å². The van der Waals surface area contributed by atoms with E-state index in [2.05, 4.69) is 15.2 Å². The van der Waals surface area contributed by atoms with Crippen LogP contribution in [0.15, 0.2) is 23.5 Å². The van der Waals surface area contributed by atoms with Crippen LogP contribution in [0.3, 0.4) is 0 Å². The minimum absolute atomic E-state index is 0.368. The average Bonchev–Trinajstić information content (AvgIpc) is 2.59. The number of hydrogen-bond acceptors (Lipinski definition) is 5. The highest BCUT2D eigenvalue weighted by atomic mass is 16.4. The van der Waals surface area contributed by atoms with Gasteiger partial charge >= 0.3 is 0 Å². The van der Waals surface area contributed by atoms with Gasteiger partial charge in [-0.05, 0) is 19.1 Å². The number of nitrogen functional groups attached to an aromatic ring is 1. The quantitative estimate of drug-likeness (QED) is 0.390. The summed E-state index contributed by atoms with van der Waals surface area (Å²) in [5.74, 6) is 0.387. The Balaban J connectivity index is 2.62. The van der Waals surface area contributed by atoms with Gasteiger partial charge in [0.05, 0.1) is 11.9 Å². The van der Waals surface area contributed by atoms with E-state index in [4.69, 9.17) is 10.9 Å². The molecule has 72 valence electrons. The summed E-state index contributed by atoms with van der Waals surface area (Å²) in [6.45, 7) is 1.62. The Hall–Kier alpha value is -2.11. The van der Waals surface area contributed by atoms with Crippen LogP contribution in [0.2, 0.25) is 0 Å². The molecule has 0 aliphatic rings. The standard InChI is InChI=1S/C8H9N5O/c1-5(12-14)8-10-7-3-2-6(9)4-13(7)11-8/h2-4,14H,9H2,1H3/b12-5-. The second-order valence-corrected chi connectivity index (χ2v) is 2.89. The summed E-state index contributed by atoms with van der Waals surface area (Å²) in [6, 6.07) is 3.48. The third kappa shape index (κ3) is 1.26. The number of fused-ring (bicyclic) bond motifs is 1. The maximum absolute atomic E-state index is 8.54. The molecular weight excluding hydrogens is 182 g/mol. The number of nitrogens with two attached hydrogens (primary N) is 1. The maximum Gasteiger partial charge on any atom is 0.199 e. The molecule has 0 aromatic carbocycles. The first-order chi connectivity index (χ1) is 6.70. The van der Waals surface area contributed by atoms with Crippen LogP contribution < -0.4 is 5.73 Å².